The summed E-state index contributed by atoms with van der Waals surface area (Å²) in [6, 6.07) is 15.7. The van der Waals surface area contributed by atoms with Gasteiger partial charge in [-0.3, -0.25) is 9.63 Å². The quantitative estimate of drug-likeness (QED) is 0.487. The van der Waals surface area contributed by atoms with E-state index in [0.717, 1.165) is 28.7 Å². The summed E-state index contributed by atoms with van der Waals surface area (Å²) in [6.07, 6.45) is -0.513. The van der Waals surface area contributed by atoms with Crippen LogP contribution in [0.4, 0.5) is 4.79 Å². The van der Waals surface area contributed by atoms with Gasteiger partial charge in [0.1, 0.15) is 6.61 Å². The maximum absolute atomic E-state index is 12.5. The van der Waals surface area contributed by atoms with Crippen LogP contribution >= 0.6 is 0 Å². The second-order valence-corrected chi connectivity index (χ2v) is 7.78. The number of amides is 2. The zero-order valence-corrected chi connectivity index (χ0v) is 18.2. The SMILES string of the molecule is CCCC(CC(=O)NOC(C)C(=O)O)NC(=O)OCC1c2ccccc2-c2ccccc21. The first-order valence-electron chi connectivity index (χ1n) is 10.7. The van der Waals surface area contributed by atoms with Crippen molar-refractivity contribution in [2.24, 2.45) is 0 Å². The van der Waals surface area contributed by atoms with E-state index >= 15 is 0 Å². The monoisotopic (exact) mass is 440 g/mol. The number of hydrogen-bond donors (Lipinski definition) is 3. The summed E-state index contributed by atoms with van der Waals surface area (Å²) >= 11 is 0. The standard InChI is InChI=1S/C24H28N2O6/c1-3-8-16(13-22(27)26-32-15(2)23(28)29)25-24(30)31-14-21-19-11-6-4-9-17(19)18-10-5-7-12-20(18)21/h4-7,9-12,15-16,21H,3,8,13-14H2,1-2H3,(H,25,30)(H,26,27)(H,28,29). The maximum atomic E-state index is 12.5. The molecular weight excluding hydrogens is 412 g/mol. The summed E-state index contributed by atoms with van der Waals surface area (Å²) in [5.74, 6) is -1.75. The fraction of sp³-hybridized carbons (Fsp3) is 0.375. The predicted molar refractivity (Wildman–Crippen MR) is 118 cm³/mol. The molecule has 0 saturated heterocycles. The van der Waals surface area contributed by atoms with Crippen molar-refractivity contribution in [2.75, 3.05) is 6.61 Å². The third kappa shape index (κ3) is 5.64. The van der Waals surface area contributed by atoms with Gasteiger partial charge in [0.15, 0.2) is 6.10 Å². The lowest BCUT2D eigenvalue weighted by atomic mass is 9.98. The Morgan fingerprint density at radius 2 is 1.62 bits per heavy atom. The number of fused-ring (bicyclic) bond motifs is 3. The molecule has 0 saturated carbocycles. The lowest BCUT2D eigenvalue weighted by Crippen LogP contribution is -2.41. The third-order valence-corrected chi connectivity index (χ3v) is 5.43. The number of ether oxygens (including phenoxy) is 1. The number of hydrogen-bond acceptors (Lipinski definition) is 5. The van der Waals surface area contributed by atoms with E-state index in [-0.39, 0.29) is 18.9 Å². The van der Waals surface area contributed by atoms with Gasteiger partial charge in [0.25, 0.3) is 0 Å². The van der Waals surface area contributed by atoms with Gasteiger partial charge in [0.05, 0.1) is 0 Å². The molecule has 1 aliphatic rings. The van der Waals surface area contributed by atoms with Gasteiger partial charge in [0.2, 0.25) is 5.91 Å². The lowest BCUT2D eigenvalue weighted by Gasteiger charge is -2.19. The van der Waals surface area contributed by atoms with Crippen molar-refractivity contribution in [2.45, 2.75) is 51.2 Å². The summed E-state index contributed by atoms with van der Waals surface area (Å²) < 4.78 is 5.54. The van der Waals surface area contributed by atoms with Crippen LogP contribution in [0.1, 0.15) is 50.2 Å². The lowest BCUT2D eigenvalue weighted by molar-refractivity contribution is -0.158. The largest absolute Gasteiger partial charge is 0.479 e. The molecule has 2 atom stereocenters. The first kappa shape index (κ1) is 23.3. The molecule has 32 heavy (non-hydrogen) atoms. The van der Waals surface area contributed by atoms with Crippen molar-refractivity contribution in [3.63, 3.8) is 0 Å². The predicted octanol–water partition coefficient (Wildman–Crippen LogP) is 3.60. The van der Waals surface area contributed by atoms with Crippen LogP contribution < -0.4 is 10.8 Å². The van der Waals surface area contributed by atoms with E-state index in [2.05, 4.69) is 22.9 Å². The molecular formula is C24H28N2O6. The Labute approximate surface area is 186 Å². The third-order valence-electron chi connectivity index (χ3n) is 5.43. The van der Waals surface area contributed by atoms with E-state index in [4.69, 9.17) is 14.7 Å². The van der Waals surface area contributed by atoms with Gasteiger partial charge in [-0.25, -0.2) is 15.1 Å². The van der Waals surface area contributed by atoms with Crippen molar-refractivity contribution in [3.8, 4) is 11.1 Å². The summed E-state index contributed by atoms with van der Waals surface area (Å²) in [5, 5.41) is 11.5. The average Bonchev–Trinajstić information content (AvgIpc) is 3.10. The van der Waals surface area contributed by atoms with Crippen LogP contribution in [0.2, 0.25) is 0 Å². The topological polar surface area (TPSA) is 114 Å². The Bertz CT molecular complexity index is 931. The minimum atomic E-state index is -1.19. The van der Waals surface area contributed by atoms with Crippen LogP contribution in [0.25, 0.3) is 11.1 Å². The Morgan fingerprint density at radius 3 is 2.19 bits per heavy atom. The maximum Gasteiger partial charge on any atom is 0.407 e. The fourth-order valence-corrected chi connectivity index (χ4v) is 3.85. The molecule has 0 aromatic heterocycles. The van der Waals surface area contributed by atoms with Gasteiger partial charge >= 0.3 is 12.1 Å². The number of carbonyl (C=O) groups is 3. The average molecular weight is 440 g/mol. The highest BCUT2D eigenvalue weighted by atomic mass is 16.7. The Hall–Kier alpha value is -3.39. The smallest absolute Gasteiger partial charge is 0.407 e. The van der Waals surface area contributed by atoms with Gasteiger partial charge in [-0.1, -0.05) is 61.9 Å². The number of nitrogens with one attached hydrogen (secondary N) is 2. The zero-order chi connectivity index (χ0) is 23.1. The minimum absolute atomic E-state index is 0.0491. The summed E-state index contributed by atoms with van der Waals surface area (Å²) in [7, 11) is 0. The van der Waals surface area contributed by atoms with Crippen molar-refractivity contribution in [1.29, 1.82) is 0 Å². The van der Waals surface area contributed by atoms with Crippen molar-refractivity contribution in [3.05, 3.63) is 59.7 Å². The van der Waals surface area contributed by atoms with E-state index in [0.29, 0.717) is 6.42 Å². The van der Waals surface area contributed by atoms with Crippen LogP contribution in [0.5, 0.6) is 0 Å². The summed E-state index contributed by atoms with van der Waals surface area (Å²) in [6.45, 7) is 3.43. The molecule has 1 aliphatic carbocycles. The first-order chi connectivity index (χ1) is 15.4. The molecule has 0 bridgehead atoms. The summed E-state index contributed by atoms with van der Waals surface area (Å²) in [4.78, 5) is 40.1. The molecule has 0 fully saturated rings. The van der Waals surface area contributed by atoms with Crippen LogP contribution in [0.3, 0.4) is 0 Å². The highest BCUT2D eigenvalue weighted by molar-refractivity contribution is 5.79. The number of rotatable bonds is 10. The highest BCUT2D eigenvalue weighted by Crippen LogP contribution is 2.44. The molecule has 2 amide bonds. The number of benzene rings is 2. The van der Waals surface area contributed by atoms with E-state index in [1.807, 2.05) is 43.3 Å². The van der Waals surface area contributed by atoms with Gasteiger partial charge in [0, 0.05) is 18.4 Å². The number of carbonyl (C=O) groups excluding carboxylic acids is 2. The number of carboxylic acids is 1. The van der Waals surface area contributed by atoms with Crippen molar-refractivity contribution < 1.29 is 29.1 Å². The zero-order valence-electron chi connectivity index (χ0n) is 18.2. The normalized spacial score (nSPS) is 14.1. The molecule has 170 valence electrons. The first-order valence-corrected chi connectivity index (χ1v) is 10.7. The molecule has 0 radical (unpaired) electrons. The van der Waals surface area contributed by atoms with E-state index < -0.39 is 30.1 Å². The van der Waals surface area contributed by atoms with Gasteiger partial charge in [-0.15, -0.1) is 0 Å². The molecule has 2 aromatic carbocycles. The number of hydroxylamine groups is 1. The van der Waals surface area contributed by atoms with Crippen LogP contribution in [0.15, 0.2) is 48.5 Å². The molecule has 0 heterocycles. The Balaban J connectivity index is 1.56. The van der Waals surface area contributed by atoms with E-state index in [1.165, 1.54) is 6.92 Å². The van der Waals surface area contributed by atoms with Gasteiger partial charge in [-0.2, -0.15) is 0 Å². The molecule has 3 N–H and O–H groups in total. The van der Waals surface area contributed by atoms with Gasteiger partial charge in [-0.05, 0) is 35.6 Å². The van der Waals surface area contributed by atoms with Crippen LogP contribution in [-0.2, 0) is 19.2 Å². The highest BCUT2D eigenvalue weighted by Gasteiger charge is 2.29. The Kier molecular flexibility index (Phi) is 7.83. The van der Waals surface area contributed by atoms with E-state index in [1.54, 1.807) is 0 Å². The number of alkyl carbamates (subject to hydrolysis) is 1. The fourth-order valence-electron chi connectivity index (χ4n) is 3.85. The number of carboxylic acid groups (broad SMARTS) is 1. The molecule has 2 aromatic rings. The van der Waals surface area contributed by atoms with Crippen molar-refractivity contribution >= 4 is 18.0 Å². The molecule has 2 unspecified atom stereocenters. The molecule has 3 rings (SSSR count). The number of aliphatic carboxylic acids is 1. The minimum Gasteiger partial charge on any atom is -0.479 e. The van der Waals surface area contributed by atoms with Gasteiger partial charge < -0.3 is 15.2 Å². The summed E-state index contributed by atoms with van der Waals surface area (Å²) in [5.41, 5.74) is 6.65. The van der Waals surface area contributed by atoms with Crippen LogP contribution in [0, 0.1) is 0 Å². The van der Waals surface area contributed by atoms with E-state index in [9.17, 15) is 14.4 Å². The molecule has 8 nitrogen and oxygen atoms in total. The molecule has 0 spiro atoms. The Morgan fingerprint density at radius 1 is 1.03 bits per heavy atom. The van der Waals surface area contributed by atoms with Crippen LogP contribution in [-0.4, -0.2) is 41.8 Å². The second-order valence-electron chi connectivity index (χ2n) is 7.78. The molecule has 0 aliphatic heterocycles. The molecule has 8 heteroatoms. The second kappa shape index (κ2) is 10.8. The van der Waals surface area contributed by atoms with Crippen molar-refractivity contribution in [1.82, 2.24) is 10.8 Å².